The van der Waals surface area contributed by atoms with Crippen molar-refractivity contribution >= 4 is 5.78 Å². The van der Waals surface area contributed by atoms with E-state index < -0.39 is 0 Å². The van der Waals surface area contributed by atoms with E-state index in [9.17, 15) is 4.79 Å². The maximum Gasteiger partial charge on any atom is 0.265 e. The molecular weight excluding hydrogens is 278 g/mol. The van der Waals surface area contributed by atoms with Gasteiger partial charge in [-0.25, -0.2) is 0 Å². The molecule has 1 aromatic carbocycles. The van der Waals surface area contributed by atoms with Crippen molar-refractivity contribution in [3.63, 3.8) is 0 Å². The maximum atomic E-state index is 12.7. The molecule has 2 atom stereocenters. The molecule has 4 heteroatoms. The SMILES string of the molecule is O=C1c2c(OCc3ccccc3)noc2CC2C=CC1CC2. The first-order valence-corrected chi connectivity index (χ1v) is 7.69. The van der Waals surface area contributed by atoms with E-state index >= 15 is 0 Å². The van der Waals surface area contributed by atoms with Crippen LogP contribution in [0.2, 0.25) is 0 Å². The molecule has 0 N–H and O–H groups in total. The molecule has 0 fully saturated rings. The Hall–Kier alpha value is -2.36. The highest BCUT2D eigenvalue weighted by molar-refractivity contribution is 6.02. The van der Waals surface area contributed by atoms with Crippen LogP contribution in [0.25, 0.3) is 0 Å². The zero-order valence-electron chi connectivity index (χ0n) is 12.2. The largest absolute Gasteiger partial charge is 0.470 e. The summed E-state index contributed by atoms with van der Waals surface area (Å²) < 4.78 is 11.2. The number of nitrogens with zero attached hydrogens (tertiary/aromatic N) is 1. The third-order valence-corrected chi connectivity index (χ3v) is 4.44. The Morgan fingerprint density at radius 2 is 2.05 bits per heavy atom. The molecule has 3 aliphatic carbocycles. The average molecular weight is 295 g/mol. The van der Waals surface area contributed by atoms with Gasteiger partial charge in [-0.1, -0.05) is 42.5 Å². The van der Waals surface area contributed by atoms with Gasteiger partial charge in [0.05, 0.1) is 0 Å². The van der Waals surface area contributed by atoms with Gasteiger partial charge in [-0.05, 0) is 29.5 Å². The molecule has 0 aliphatic heterocycles. The molecule has 5 rings (SSSR count). The number of hydrogen-bond acceptors (Lipinski definition) is 4. The highest BCUT2D eigenvalue weighted by atomic mass is 16.5. The number of fused-ring (bicyclic) bond motifs is 1. The highest BCUT2D eigenvalue weighted by Crippen LogP contribution is 2.36. The van der Waals surface area contributed by atoms with E-state index in [2.05, 4.69) is 11.2 Å². The highest BCUT2D eigenvalue weighted by Gasteiger charge is 2.34. The number of ketones is 1. The van der Waals surface area contributed by atoms with Crippen molar-refractivity contribution in [2.45, 2.75) is 25.9 Å². The fourth-order valence-electron chi connectivity index (χ4n) is 3.20. The van der Waals surface area contributed by atoms with Gasteiger partial charge >= 0.3 is 0 Å². The van der Waals surface area contributed by atoms with E-state index in [1.807, 2.05) is 36.4 Å². The smallest absolute Gasteiger partial charge is 0.265 e. The zero-order valence-corrected chi connectivity index (χ0v) is 12.2. The first-order chi connectivity index (χ1) is 10.8. The summed E-state index contributed by atoms with van der Waals surface area (Å²) in [4.78, 5) is 12.7. The van der Waals surface area contributed by atoms with E-state index in [0.29, 0.717) is 29.7 Å². The molecular formula is C18H17NO3. The number of carbonyl (C=O) groups is 1. The minimum absolute atomic E-state index is 0.0613. The van der Waals surface area contributed by atoms with E-state index in [-0.39, 0.29) is 11.7 Å². The third kappa shape index (κ3) is 2.34. The standard InChI is InChI=1S/C18H17NO3/c20-17-14-8-6-12(7-9-14)10-15-16(17)18(19-22-15)21-11-13-4-2-1-3-5-13/h1-6,8,12,14H,7,9-11H2. The van der Waals surface area contributed by atoms with Crippen LogP contribution in [0, 0.1) is 11.8 Å². The molecule has 22 heavy (non-hydrogen) atoms. The summed E-state index contributed by atoms with van der Waals surface area (Å²) >= 11 is 0. The van der Waals surface area contributed by atoms with Crippen molar-refractivity contribution in [1.29, 1.82) is 0 Å². The molecule has 2 aromatic rings. The normalized spacial score (nSPS) is 23.0. The quantitative estimate of drug-likeness (QED) is 0.812. The van der Waals surface area contributed by atoms with Crippen LogP contribution in [0.4, 0.5) is 0 Å². The second-order valence-electron chi connectivity index (χ2n) is 5.96. The minimum Gasteiger partial charge on any atom is -0.470 e. The van der Waals surface area contributed by atoms with Crippen LogP contribution in [-0.4, -0.2) is 10.9 Å². The third-order valence-electron chi connectivity index (χ3n) is 4.44. The summed E-state index contributed by atoms with van der Waals surface area (Å²) in [5, 5.41) is 4.00. The fourth-order valence-corrected chi connectivity index (χ4v) is 3.20. The Morgan fingerprint density at radius 3 is 2.82 bits per heavy atom. The molecule has 2 unspecified atom stereocenters. The number of hydrogen-bond donors (Lipinski definition) is 0. The van der Waals surface area contributed by atoms with Crippen molar-refractivity contribution < 1.29 is 14.1 Å². The fraction of sp³-hybridized carbons (Fsp3) is 0.333. The monoisotopic (exact) mass is 295 g/mol. The van der Waals surface area contributed by atoms with Crippen LogP contribution in [0.5, 0.6) is 5.88 Å². The predicted molar refractivity (Wildman–Crippen MR) is 80.7 cm³/mol. The van der Waals surface area contributed by atoms with Gasteiger partial charge in [0.2, 0.25) is 0 Å². The van der Waals surface area contributed by atoms with Gasteiger partial charge in [0, 0.05) is 12.3 Å². The summed E-state index contributed by atoms with van der Waals surface area (Å²) in [6, 6.07) is 9.84. The molecule has 112 valence electrons. The van der Waals surface area contributed by atoms with Crippen molar-refractivity contribution in [3.05, 3.63) is 59.4 Å². The van der Waals surface area contributed by atoms with Crippen molar-refractivity contribution in [1.82, 2.24) is 5.16 Å². The summed E-state index contributed by atoms with van der Waals surface area (Å²) in [6.45, 7) is 0.386. The van der Waals surface area contributed by atoms with Gasteiger partial charge in [0.25, 0.3) is 5.88 Å². The van der Waals surface area contributed by atoms with Crippen LogP contribution in [0.1, 0.15) is 34.5 Å². The number of rotatable bonds is 3. The molecule has 0 saturated carbocycles. The second kappa shape index (κ2) is 5.44. The van der Waals surface area contributed by atoms with Gasteiger partial charge in [-0.2, -0.15) is 0 Å². The van der Waals surface area contributed by atoms with Crippen LogP contribution < -0.4 is 4.74 Å². The lowest BCUT2D eigenvalue weighted by Crippen LogP contribution is -2.23. The number of ether oxygens (including phenoxy) is 1. The maximum absolute atomic E-state index is 12.7. The Bertz CT molecular complexity index is 717. The van der Waals surface area contributed by atoms with Crippen LogP contribution >= 0.6 is 0 Å². The van der Waals surface area contributed by atoms with E-state index in [4.69, 9.17) is 9.26 Å². The van der Waals surface area contributed by atoms with E-state index in [1.165, 1.54) is 0 Å². The van der Waals surface area contributed by atoms with E-state index in [1.54, 1.807) is 0 Å². The average Bonchev–Trinajstić information content (AvgIpc) is 2.94. The molecule has 0 radical (unpaired) electrons. The lowest BCUT2D eigenvalue weighted by molar-refractivity contribution is 0.0921. The van der Waals surface area contributed by atoms with Gasteiger partial charge in [-0.3, -0.25) is 4.79 Å². The molecule has 0 amide bonds. The summed E-state index contributed by atoms with van der Waals surface area (Å²) in [5.41, 5.74) is 1.59. The van der Waals surface area contributed by atoms with Gasteiger partial charge in [0.15, 0.2) is 11.5 Å². The number of allylic oxidation sites excluding steroid dienone is 2. The molecule has 1 heterocycles. The molecule has 2 bridgehead atoms. The summed E-state index contributed by atoms with van der Waals surface area (Å²) in [5.74, 6) is 1.47. The van der Waals surface area contributed by atoms with Crippen molar-refractivity contribution in [3.8, 4) is 5.88 Å². The number of benzene rings is 1. The Balaban J connectivity index is 1.61. The first-order valence-electron chi connectivity index (χ1n) is 7.69. The van der Waals surface area contributed by atoms with Crippen LogP contribution in [0.3, 0.4) is 0 Å². The molecule has 0 saturated heterocycles. The number of carbonyl (C=O) groups excluding carboxylic acids is 1. The Morgan fingerprint density at radius 1 is 1.18 bits per heavy atom. The Kier molecular flexibility index (Phi) is 3.29. The molecule has 1 aromatic heterocycles. The topological polar surface area (TPSA) is 52.3 Å². The second-order valence-corrected chi connectivity index (χ2v) is 5.96. The van der Waals surface area contributed by atoms with Crippen molar-refractivity contribution in [2.75, 3.05) is 0 Å². The Labute approximate surface area is 128 Å². The minimum atomic E-state index is -0.0613. The molecule has 3 aliphatic rings. The zero-order chi connectivity index (χ0) is 14.9. The number of aromatic nitrogens is 1. The van der Waals surface area contributed by atoms with Crippen molar-refractivity contribution in [2.24, 2.45) is 11.8 Å². The lowest BCUT2D eigenvalue weighted by atomic mass is 9.79. The summed E-state index contributed by atoms with van der Waals surface area (Å²) in [7, 11) is 0. The van der Waals surface area contributed by atoms with E-state index in [0.717, 1.165) is 24.8 Å². The predicted octanol–water partition coefficient (Wildman–Crippen LogP) is 3.57. The first kappa shape index (κ1) is 13.3. The van der Waals surface area contributed by atoms with Crippen LogP contribution in [0.15, 0.2) is 47.0 Å². The number of Topliss-reactive ketones (excluding diaryl/α,β-unsaturated/α-hetero) is 1. The van der Waals surface area contributed by atoms with Gasteiger partial charge in [0.1, 0.15) is 12.2 Å². The molecule has 0 spiro atoms. The van der Waals surface area contributed by atoms with Gasteiger partial charge < -0.3 is 9.26 Å². The van der Waals surface area contributed by atoms with Gasteiger partial charge in [-0.15, -0.1) is 0 Å². The lowest BCUT2D eigenvalue weighted by Gasteiger charge is -2.24. The summed E-state index contributed by atoms with van der Waals surface area (Å²) in [6.07, 6.45) is 6.84. The molecule has 4 nitrogen and oxygen atoms in total. The van der Waals surface area contributed by atoms with Crippen LogP contribution in [-0.2, 0) is 13.0 Å².